The molecule has 0 spiro atoms. The third kappa shape index (κ3) is 4.00. The molecule has 1 fully saturated rings. The highest BCUT2D eigenvalue weighted by molar-refractivity contribution is 5.78. The second-order valence-corrected chi connectivity index (χ2v) is 6.65. The molecule has 3 N–H and O–H groups in total. The fourth-order valence-electron chi connectivity index (χ4n) is 3.33. The van der Waals surface area contributed by atoms with Crippen molar-refractivity contribution in [3.05, 3.63) is 47.5 Å². The van der Waals surface area contributed by atoms with Gasteiger partial charge >= 0.3 is 0 Å². The maximum atomic E-state index is 12.5. The van der Waals surface area contributed by atoms with Crippen LogP contribution in [-0.4, -0.2) is 31.8 Å². The average molecular weight is 328 g/mol. The van der Waals surface area contributed by atoms with E-state index < -0.39 is 11.6 Å². The van der Waals surface area contributed by atoms with Crippen LogP contribution in [0, 0.1) is 6.92 Å². The number of carbonyl (C=O) groups is 1. The molecule has 1 aliphatic rings. The largest absolute Gasteiger partial charge is 0.389 e. The first-order valence-corrected chi connectivity index (χ1v) is 8.51. The van der Waals surface area contributed by atoms with E-state index in [-0.39, 0.29) is 12.3 Å². The monoisotopic (exact) mass is 328 g/mol. The van der Waals surface area contributed by atoms with Gasteiger partial charge in [-0.2, -0.15) is 5.10 Å². The molecule has 1 aromatic carbocycles. The number of aromatic nitrogens is 3. The van der Waals surface area contributed by atoms with Gasteiger partial charge in [-0.3, -0.25) is 9.89 Å². The summed E-state index contributed by atoms with van der Waals surface area (Å²) in [5.41, 5.74) is 0.0406. The molecule has 1 unspecified atom stereocenters. The van der Waals surface area contributed by atoms with Crippen LogP contribution >= 0.6 is 0 Å². The normalized spacial score (nSPS) is 18.1. The summed E-state index contributed by atoms with van der Waals surface area (Å²) in [6, 6.07) is 9.22. The predicted molar refractivity (Wildman–Crippen MR) is 90.2 cm³/mol. The molecule has 1 amide bonds. The molecule has 1 heterocycles. The summed E-state index contributed by atoms with van der Waals surface area (Å²) >= 11 is 0. The van der Waals surface area contributed by atoms with Gasteiger partial charge in [-0.1, -0.05) is 49.6 Å². The molecule has 0 radical (unpaired) electrons. The number of nitrogens with one attached hydrogen (secondary N) is 2. The van der Waals surface area contributed by atoms with E-state index in [2.05, 4.69) is 20.5 Å². The SMILES string of the molecule is Cc1nc(C(NC(=O)CC2(O)CCCCC2)c2ccccc2)n[nH]1. The van der Waals surface area contributed by atoms with Crippen molar-refractivity contribution in [1.82, 2.24) is 20.5 Å². The summed E-state index contributed by atoms with van der Waals surface area (Å²) in [5.74, 6) is 1.06. The molecule has 1 aliphatic carbocycles. The number of hydrogen-bond acceptors (Lipinski definition) is 4. The maximum absolute atomic E-state index is 12.5. The third-order valence-electron chi connectivity index (χ3n) is 4.58. The fourth-order valence-corrected chi connectivity index (χ4v) is 3.33. The Hall–Kier alpha value is -2.21. The van der Waals surface area contributed by atoms with Crippen LogP contribution in [0.1, 0.15) is 61.8 Å². The van der Waals surface area contributed by atoms with Crippen molar-refractivity contribution in [3.8, 4) is 0 Å². The number of benzene rings is 1. The van der Waals surface area contributed by atoms with Gasteiger partial charge in [-0.15, -0.1) is 0 Å². The van der Waals surface area contributed by atoms with Crippen molar-refractivity contribution in [2.24, 2.45) is 0 Å². The molecular weight excluding hydrogens is 304 g/mol. The van der Waals surface area contributed by atoms with E-state index in [0.29, 0.717) is 24.5 Å². The number of aliphatic hydroxyl groups is 1. The first-order valence-electron chi connectivity index (χ1n) is 8.51. The number of rotatable bonds is 5. The van der Waals surface area contributed by atoms with Crippen LogP contribution in [-0.2, 0) is 4.79 Å². The first-order chi connectivity index (χ1) is 11.6. The Morgan fingerprint density at radius 1 is 1.29 bits per heavy atom. The Balaban J connectivity index is 1.75. The Kier molecular flexibility index (Phi) is 4.94. The number of amides is 1. The van der Waals surface area contributed by atoms with Crippen LogP contribution in [0.25, 0.3) is 0 Å². The summed E-state index contributed by atoms with van der Waals surface area (Å²) in [5, 5.41) is 20.6. The van der Waals surface area contributed by atoms with Crippen LogP contribution in [0.4, 0.5) is 0 Å². The molecule has 128 valence electrons. The van der Waals surface area contributed by atoms with Gasteiger partial charge in [0.15, 0.2) is 5.82 Å². The highest BCUT2D eigenvalue weighted by Gasteiger charge is 2.33. The highest BCUT2D eigenvalue weighted by Crippen LogP contribution is 2.31. The number of hydrogen-bond donors (Lipinski definition) is 3. The van der Waals surface area contributed by atoms with Crippen LogP contribution in [0.3, 0.4) is 0 Å². The Labute approximate surface area is 141 Å². The van der Waals surface area contributed by atoms with E-state index in [1.54, 1.807) is 0 Å². The maximum Gasteiger partial charge on any atom is 0.223 e. The van der Waals surface area contributed by atoms with Crippen LogP contribution in [0.15, 0.2) is 30.3 Å². The van der Waals surface area contributed by atoms with Gasteiger partial charge in [0.25, 0.3) is 0 Å². The van der Waals surface area contributed by atoms with Crippen LogP contribution in [0.2, 0.25) is 0 Å². The van der Waals surface area contributed by atoms with Crippen molar-refractivity contribution in [2.45, 2.75) is 57.1 Å². The molecule has 24 heavy (non-hydrogen) atoms. The summed E-state index contributed by atoms with van der Waals surface area (Å²) in [7, 11) is 0. The smallest absolute Gasteiger partial charge is 0.223 e. The molecule has 0 bridgehead atoms. The molecule has 6 heteroatoms. The molecule has 0 saturated heterocycles. The summed E-state index contributed by atoms with van der Waals surface area (Å²) < 4.78 is 0. The lowest BCUT2D eigenvalue weighted by Crippen LogP contribution is -2.40. The van der Waals surface area contributed by atoms with E-state index in [1.165, 1.54) is 0 Å². The van der Waals surface area contributed by atoms with E-state index in [4.69, 9.17) is 0 Å². The quantitative estimate of drug-likeness (QED) is 0.786. The third-order valence-corrected chi connectivity index (χ3v) is 4.58. The Bertz CT molecular complexity index is 677. The number of carbonyl (C=O) groups excluding carboxylic acids is 1. The number of aryl methyl sites for hydroxylation is 1. The van der Waals surface area contributed by atoms with Crippen molar-refractivity contribution >= 4 is 5.91 Å². The zero-order valence-electron chi connectivity index (χ0n) is 14.0. The van der Waals surface area contributed by atoms with E-state index >= 15 is 0 Å². The van der Waals surface area contributed by atoms with E-state index in [9.17, 15) is 9.90 Å². The zero-order valence-corrected chi connectivity index (χ0v) is 14.0. The minimum absolute atomic E-state index is 0.125. The number of H-pyrrole nitrogens is 1. The Morgan fingerprint density at radius 3 is 2.62 bits per heavy atom. The second-order valence-electron chi connectivity index (χ2n) is 6.65. The summed E-state index contributed by atoms with van der Waals surface area (Å²) in [6.07, 6.45) is 4.59. The number of nitrogens with zero attached hydrogens (tertiary/aromatic N) is 2. The average Bonchev–Trinajstić information content (AvgIpc) is 3.00. The second kappa shape index (κ2) is 7.13. The molecule has 1 atom stereocenters. The predicted octanol–water partition coefficient (Wildman–Crippen LogP) is 2.40. The highest BCUT2D eigenvalue weighted by atomic mass is 16.3. The summed E-state index contributed by atoms with van der Waals surface area (Å²) in [6.45, 7) is 1.82. The molecule has 6 nitrogen and oxygen atoms in total. The molecule has 1 aromatic heterocycles. The van der Waals surface area contributed by atoms with Gasteiger partial charge in [0.2, 0.25) is 5.91 Å². The van der Waals surface area contributed by atoms with Gasteiger partial charge in [-0.25, -0.2) is 4.98 Å². The van der Waals surface area contributed by atoms with Crippen molar-refractivity contribution < 1.29 is 9.90 Å². The lowest BCUT2D eigenvalue weighted by molar-refractivity contribution is -0.128. The minimum Gasteiger partial charge on any atom is -0.389 e. The fraction of sp³-hybridized carbons (Fsp3) is 0.500. The van der Waals surface area contributed by atoms with E-state index in [1.807, 2.05) is 37.3 Å². The zero-order chi connectivity index (χ0) is 17.0. The summed E-state index contributed by atoms with van der Waals surface area (Å²) in [4.78, 5) is 16.9. The van der Waals surface area contributed by atoms with Gasteiger partial charge < -0.3 is 10.4 Å². The van der Waals surface area contributed by atoms with Gasteiger partial charge in [0, 0.05) is 0 Å². The van der Waals surface area contributed by atoms with Crippen LogP contribution < -0.4 is 5.32 Å². The lowest BCUT2D eigenvalue weighted by atomic mass is 9.82. The topological polar surface area (TPSA) is 90.9 Å². The standard InChI is InChI=1S/C18H24N4O2/c1-13-19-17(22-21-13)16(14-8-4-2-5-9-14)20-15(23)12-18(24)10-6-3-7-11-18/h2,4-5,8-9,16,24H,3,6-7,10-12H2,1H3,(H,20,23)(H,19,21,22). The molecule has 0 aliphatic heterocycles. The Morgan fingerprint density at radius 2 is 2.00 bits per heavy atom. The van der Waals surface area contributed by atoms with Crippen molar-refractivity contribution in [2.75, 3.05) is 0 Å². The molecule has 3 rings (SSSR count). The lowest BCUT2D eigenvalue weighted by Gasteiger charge is -2.31. The van der Waals surface area contributed by atoms with E-state index in [0.717, 1.165) is 24.8 Å². The molecular formula is C18H24N4O2. The van der Waals surface area contributed by atoms with Crippen molar-refractivity contribution in [1.29, 1.82) is 0 Å². The van der Waals surface area contributed by atoms with Crippen LogP contribution in [0.5, 0.6) is 0 Å². The number of aromatic amines is 1. The minimum atomic E-state index is -0.876. The molecule has 1 saturated carbocycles. The van der Waals surface area contributed by atoms with Gasteiger partial charge in [-0.05, 0) is 25.3 Å². The van der Waals surface area contributed by atoms with Gasteiger partial charge in [0.05, 0.1) is 12.0 Å². The first kappa shape index (κ1) is 16.6. The molecule has 2 aromatic rings. The van der Waals surface area contributed by atoms with Crippen molar-refractivity contribution in [3.63, 3.8) is 0 Å². The van der Waals surface area contributed by atoms with Gasteiger partial charge in [0.1, 0.15) is 11.9 Å².